The highest BCUT2D eigenvalue weighted by Crippen LogP contribution is 2.25. The molecule has 22 heavy (non-hydrogen) atoms. The van der Waals surface area contributed by atoms with Crippen LogP contribution in [-0.2, 0) is 4.79 Å². The second-order valence-electron chi connectivity index (χ2n) is 5.51. The molecule has 0 aliphatic carbocycles. The third-order valence-electron chi connectivity index (χ3n) is 4.15. The molecule has 1 aromatic carbocycles. The lowest BCUT2D eigenvalue weighted by Crippen LogP contribution is -2.47. The third kappa shape index (κ3) is 4.63. The van der Waals surface area contributed by atoms with E-state index in [9.17, 15) is 4.79 Å². The minimum absolute atomic E-state index is 0.00101. The molecule has 0 bridgehead atoms. The molecular weight excluding hydrogens is 280 g/mol. The van der Waals surface area contributed by atoms with Crippen molar-refractivity contribution in [2.24, 2.45) is 11.1 Å². The fourth-order valence-electron chi connectivity index (χ4n) is 2.32. The number of methoxy groups -OCH3 is 1. The van der Waals surface area contributed by atoms with Gasteiger partial charge in [-0.25, -0.2) is 0 Å². The van der Waals surface area contributed by atoms with E-state index in [1.165, 1.54) is 0 Å². The number of nitrogens with one attached hydrogen (secondary N) is 1. The van der Waals surface area contributed by atoms with Gasteiger partial charge in [-0.3, -0.25) is 4.79 Å². The zero-order chi connectivity index (χ0) is 16.6. The van der Waals surface area contributed by atoms with Crippen molar-refractivity contribution in [1.29, 1.82) is 0 Å². The van der Waals surface area contributed by atoms with Crippen LogP contribution in [0, 0.1) is 5.41 Å². The molecule has 124 valence electrons. The van der Waals surface area contributed by atoms with Gasteiger partial charge in [-0.15, -0.1) is 0 Å². The molecule has 1 atom stereocenters. The van der Waals surface area contributed by atoms with E-state index in [1.54, 1.807) is 7.11 Å². The lowest BCUT2D eigenvalue weighted by atomic mass is 9.81. The van der Waals surface area contributed by atoms with Crippen LogP contribution in [0.3, 0.4) is 0 Å². The van der Waals surface area contributed by atoms with Crippen molar-refractivity contribution in [2.45, 2.75) is 39.7 Å². The van der Waals surface area contributed by atoms with Crippen LogP contribution >= 0.6 is 0 Å². The molecule has 5 heteroatoms. The Morgan fingerprint density at radius 3 is 2.50 bits per heavy atom. The van der Waals surface area contributed by atoms with Crippen molar-refractivity contribution in [3.63, 3.8) is 0 Å². The van der Waals surface area contributed by atoms with Gasteiger partial charge in [-0.2, -0.15) is 0 Å². The Labute approximate surface area is 133 Å². The Morgan fingerprint density at radius 2 is 1.95 bits per heavy atom. The Hall–Kier alpha value is -1.75. The second kappa shape index (κ2) is 8.63. The Balaban J connectivity index is 2.55. The standard InChI is InChI=1S/C17H28N2O3/c1-5-17(6-2,12-18)16(20)19-11-13(3)22-15-9-7-8-14(10-15)21-4/h7-10,13H,5-6,11-12,18H2,1-4H3,(H,19,20). The normalized spacial score (nSPS) is 12.6. The largest absolute Gasteiger partial charge is 0.497 e. The maximum absolute atomic E-state index is 12.3. The molecule has 0 aliphatic rings. The SMILES string of the molecule is CCC(CC)(CN)C(=O)NCC(C)Oc1cccc(OC)c1. The molecule has 1 aromatic rings. The van der Waals surface area contributed by atoms with Crippen molar-refractivity contribution in [2.75, 3.05) is 20.2 Å². The number of hydrogen-bond donors (Lipinski definition) is 2. The van der Waals surface area contributed by atoms with Crippen LogP contribution in [0.4, 0.5) is 0 Å². The summed E-state index contributed by atoms with van der Waals surface area (Å²) in [5, 5.41) is 2.95. The molecule has 1 rings (SSSR count). The average molecular weight is 308 g/mol. The van der Waals surface area contributed by atoms with E-state index < -0.39 is 5.41 Å². The second-order valence-corrected chi connectivity index (χ2v) is 5.51. The Bertz CT molecular complexity index is 464. The zero-order valence-corrected chi connectivity index (χ0v) is 14.0. The highest BCUT2D eigenvalue weighted by Gasteiger charge is 2.33. The Kier molecular flexibility index (Phi) is 7.18. The molecule has 0 saturated heterocycles. The van der Waals surface area contributed by atoms with Gasteiger partial charge in [-0.05, 0) is 31.9 Å². The summed E-state index contributed by atoms with van der Waals surface area (Å²) in [6, 6.07) is 7.41. The average Bonchev–Trinajstić information content (AvgIpc) is 2.55. The smallest absolute Gasteiger partial charge is 0.227 e. The highest BCUT2D eigenvalue weighted by atomic mass is 16.5. The molecule has 0 spiro atoms. The summed E-state index contributed by atoms with van der Waals surface area (Å²) in [7, 11) is 1.62. The van der Waals surface area contributed by atoms with E-state index in [4.69, 9.17) is 15.2 Å². The number of carbonyl (C=O) groups is 1. The molecule has 3 N–H and O–H groups in total. The summed E-state index contributed by atoms with van der Waals surface area (Å²) in [5.41, 5.74) is 5.31. The molecule has 0 aromatic heterocycles. The molecule has 0 fully saturated rings. The van der Waals surface area contributed by atoms with Crippen LogP contribution in [0.2, 0.25) is 0 Å². The van der Waals surface area contributed by atoms with E-state index in [0.29, 0.717) is 13.1 Å². The summed E-state index contributed by atoms with van der Waals surface area (Å²) < 4.78 is 11.0. The number of hydrogen-bond acceptors (Lipinski definition) is 4. The molecule has 0 saturated carbocycles. The van der Waals surface area contributed by atoms with Crippen molar-refractivity contribution in [3.8, 4) is 11.5 Å². The Morgan fingerprint density at radius 1 is 1.32 bits per heavy atom. The van der Waals surface area contributed by atoms with Gasteiger partial charge in [0.2, 0.25) is 5.91 Å². The van der Waals surface area contributed by atoms with E-state index >= 15 is 0 Å². The zero-order valence-electron chi connectivity index (χ0n) is 14.0. The first kappa shape index (κ1) is 18.3. The van der Waals surface area contributed by atoms with Crippen molar-refractivity contribution in [1.82, 2.24) is 5.32 Å². The third-order valence-corrected chi connectivity index (χ3v) is 4.15. The minimum atomic E-state index is -0.477. The predicted molar refractivity (Wildman–Crippen MR) is 88.2 cm³/mol. The van der Waals surface area contributed by atoms with Gasteiger partial charge >= 0.3 is 0 Å². The van der Waals surface area contributed by atoms with Gasteiger partial charge in [0.05, 0.1) is 19.1 Å². The van der Waals surface area contributed by atoms with E-state index in [2.05, 4.69) is 5.32 Å². The molecule has 5 nitrogen and oxygen atoms in total. The first-order valence-electron chi connectivity index (χ1n) is 7.80. The van der Waals surface area contributed by atoms with Crippen LogP contribution in [-0.4, -0.2) is 32.2 Å². The quantitative estimate of drug-likeness (QED) is 0.734. The lowest BCUT2D eigenvalue weighted by molar-refractivity contribution is -0.131. The number of benzene rings is 1. The number of ether oxygens (including phenoxy) is 2. The van der Waals surface area contributed by atoms with Crippen LogP contribution in [0.15, 0.2) is 24.3 Å². The van der Waals surface area contributed by atoms with Crippen molar-refractivity contribution < 1.29 is 14.3 Å². The van der Waals surface area contributed by atoms with E-state index in [0.717, 1.165) is 24.3 Å². The monoisotopic (exact) mass is 308 g/mol. The van der Waals surface area contributed by atoms with Gasteiger partial charge in [0.15, 0.2) is 0 Å². The van der Waals surface area contributed by atoms with Crippen LogP contribution in [0.1, 0.15) is 33.6 Å². The van der Waals surface area contributed by atoms with Crippen LogP contribution in [0.25, 0.3) is 0 Å². The molecule has 0 heterocycles. The van der Waals surface area contributed by atoms with Crippen LogP contribution < -0.4 is 20.5 Å². The van der Waals surface area contributed by atoms with Gasteiger partial charge in [-0.1, -0.05) is 19.9 Å². The van der Waals surface area contributed by atoms with E-state index in [1.807, 2.05) is 45.0 Å². The minimum Gasteiger partial charge on any atom is -0.497 e. The fraction of sp³-hybridized carbons (Fsp3) is 0.588. The summed E-state index contributed by atoms with van der Waals surface area (Å²) in [5.74, 6) is 1.46. The van der Waals surface area contributed by atoms with Gasteiger partial charge in [0, 0.05) is 12.6 Å². The topological polar surface area (TPSA) is 73.6 Å². The molecular formula is C17H28N2O3. The molecule has 0 aliphatic heterocycles. The summed E-state index contributed by atoms with van der Waals surface area (Å²) in [6.45, 7) is 6.70. The molecule has 0 radical (unpaired) electrons. The summed E-state index contributed by atoms with van der Waals surface area (Å²) >= 11 is 0. The summed E-state index contributed by atoms with van der Waals surface area (Å²) in [4.78, 5) is 12.3. The van der Waals surface area contributed by atoms with Crippen molar-refractivity contribution in [3.05, 3.63) is 24.3 Å². The number of rotatable bonds is 9. The van der Waals surface area contributed by atoms with Crippen LogP contribution in [0.5, 0.6) is 11.5 Å². The van der Waals surface area contributed by atoms with Gasteiger partial charge in [0.1, 0.15) is 17.6 Å². The summed E-state index contributed by atoms with van der Waals surface area (Å²) in [6.07, 6.45) is 1.33. The first-order valence-corrected chi connectivity index (χ1v) is 7.80. The number of amides is 1. The lowest BCUT2D eigenvalue weighted by Gasteiger charge is -2.29. The number of carbonyl (C=O) groups excluding carboxylic acids is 1. The predicted octanol–water partition coefficient (Wildman–Crippen LogP) is 2.34. The highest BCUT2D eigenvalue weighted by molar-refractivity contribution is 5.82. The van der Waals surface area contributed by atoms with Crippen molar-refractivity contribution >= 4 is 5.91 Å². The van der Waals surface area contributed by atoms with E-state index in [-0.39, 0.29) is 12.0 Å². The first-order chi connectivity index (χ1) is 10.5. The maximum atomic E-state index is 12.3. The van der Waals surface area contributed by atoms with Gasteiger partial charge < -0.3 is 20.5 Å². The van der Waals surface area contributed by atoms with Gasteiger partial charge in [0.25, 0.3) is 0 Å². The number of nitrogens with two attached hydrogens (primary N) is 1. The molecule has 1 unspecified atom stereocenters. The fourth-order valence-corrected chi connectivity index (χ4v) is 2.32. The molecule has 1 amide bonds. The maximum Gasteiger partial charge on any atom is 0.227 e.